The second kappa shape index (κ2) is 6.73. The van der Waals surface area contributed by atoms with Crippen LogP contribution in [0.3, 0.4) is 0 Å². The zero-order chi connectivity index (χ0) is 22.0. The molecule has 0 aliphatic carbocycles. The van der Waals surface area contributed by atoms with Crippen molar-refractivity contribution in [3.8, 4) is 0 Å². The van der Waals surface area contributed by atoms with E-state index in [1.54, 1.807) is 30.3 Å². The van der Waals surface area contributed by atoms with Crippen LogP contribution in [0.15, 0.2) is 54.6 Å². The van der Waals surface area contributed by atoms with Gasteiger partial charge in [0.05, 0.1) is 35.5 Å². The summed E-state index contributed by atoms with van der Waals surface area (Å²) in [5.74, 6) is -2.76. The van der Waals surface area contributed by atoms with Crippen LogP contribution in [0.25, 0.3) is 10.8 Å². The van der Waals surface area contributed by atoms with Gasteiger partial charge in [0.1, 0.15) is 0 Å². The predicted molar refractivity (Wildman–Crippen MR) is 114 cm³/mol. The number of morpholine rings is 1. The molecule has 0 aromatic heterocycles. The molecule has 3 aliphatic heterocycles. The van der Waals surface area contributed by atoms with Gasteiger partial charge in [0.15, 0.2) is 0 Å². The first-order valence-corrected chi connectivity index (χ1v) is 10.3. The maximum absolute atomic E-state index is 13.5. The highest BCUT2D eigenvalue weighted by Gasteiger charge is 2.47. The Balaban J connectivity index is 1.49. The van der Waals surface area contributed by atoms with E-state index in [2.05, 4.69) is 4.90 Å². The van der Waals surface area contributed by atoms with Crippen LogP contribution in [0.2, 0.25) is 0 Å². The molecule has 4 amide bonds. The number of anilines is 1. The van der Waals surface area contributed by atoms with Crippen molar-refractivity contribution in [3.63, 3.8) is 0 Å². The van der Waals surface area contributed by atoms with Crippen LogP contribution in [-0.2, 0) is 4.74 Å². The Labute approximate surface area is 182 Å². The van der Waals surface area contributed by atoms with E-state index >= 15 is 0 Å². The van der Waals surface area contributed by atoms with Crippen LogP contribution in [-0.4, -0.2) is 59.9 Å². The van der Waals surface area contributed by atoms with Gasteiger partial charge in [0, 0.05) is 29.5 Å². The lowest BCUT2D eigenvalue weighted by Gasteiger charge is -2.34. The molecule has 1 saturated heterocycles. The fraction of sp³-hybridized carbons (Fsp3) is 0.167. The number of hydrogen-bond donors (Lipinski definition) is 0. The normalized spacial score (nSPS) is 18.1. The van der Waals surface area contributed by atoms with Gasteiger partial charge < -0.3 is 9.64 Å². The average Bonchev–Trinajstić information content (AvgIpc) is 3.08. The summed E-state index contributed by atoms with van der Waals surface area (Å²) in [4.78, 5) is 55.0. The van der Waals surface area contributed by atoms with Gasteiger partial charge in [-0.2, -0.15) is 10.0 Å². The highest BCUT2D eigenvalue weighted by molar-refractivity contribution is 6.30. The van der Waals surface area contributed by atoms with Crippen molar-refractivity contribution in [1.82, 2.24) is 10.0 Å². The minimum absolute atomic E-state index is 0.171. The third kappa shape index (κ3) is 2.41. The van der Waals surface area contributed by atoms with Crippen LogP contribution in [0.4, 0.5) is 5.69 Å². The van der Waals surface area contributed by atoms with Crippen molar-refractivity contribution in [2.75, 3.05) is 31.2 Å². The summed E-state index contributed by atoms with van der Waals surface area (Å²) in [6.07, 6.45) is 0. The van der Waals surface area contributed by atoms with Gasteiger partial charge in [-0.3, -0.25) is 19.2 Å². The van der Waals surface area contributed by atoms with E-state index in [9.17, 15) is 19.2 Å². The average molecular weight is 427 g/mol. The topological polar surface area (TPSA) is 87.2 Å². The zero-order valence-corrected chi connectivity index (χ0v) is 16.9. The van der Waals surface area contributed by atoms with Crippen LogP contribution < -0.4 is 4.90 Å². The highest BCUT2D eigenvalue weighted by Crippen LogP contribution is 2.38. The molecule has 3 heterocycles. The van der Waals surface area contributed by atoms with Gasteiger partial charge in [0.25, 0.3) is 23.6 Å². The summed E-state index contributed by atoms with van der Waals surface area (Å²) in [7, 11) is 0. The lowest BCUT2D eigenvalue weighted by atomic mass is 9.93. The van der Waals surface area contributed by atoms with E-state index < -0.39 is 23.6 Å². The molecule has 6 rings (SSSR count). The fourth-order valence-corrected chi connectivity index (χ4v) is 4.69. The number of nitrogens with zero attached hydrogens (tertiary/aromatic N) is 3. The molecule has 0 N–H and O–H groups in total. The number of benzene rings is 3. The number of ether oxygens (including phenoxy) is 1. The number of hydrazine groups is 1. The summed E-state index contributed by atoms with van der Waals surface area (Å²) in [5.41, 5.74) is 1.82. The summed E-state index contributed by atoms with van der Waals surface area (Å²) in [5, 5.41) is 2.66. The second-order valence-corrected chi connectivity index (χ2v) is 7.85. The Morgan fingerprint density at radius 1 is 0.594 bits per heavy atom. The Kier molecular flexibility index (Phi) is 3.93. The van der Waals surface area contributed by atoms with Crippen molar-refractivity contribution >= 4 is 40.1 Å². The molecule has 158 valence electrons. The molecule has 0 atom stereocenters. The van der Waals surface area contributed by atoms with Crippen LogP contribution >= 0.6 is 0 Å². The minimum atomic E-state index is -0.693. The molecule has 0 unspecified atom stereocenters. The predicted octanol–water partition coefficient (Wildman–Crippen LogP) is 2.48. The molecular weight excluding hydrogens is 410 g/mol. The molecule has 3 aromatic carbocycles. The molecular formula is C24H17N3O5. The Morgan fingerprint density at radius 3 is 1.75 bits per heavy atom. The van der Waals surface area contributed by atoms with Gasteiger partial charge in [-0.05, 0) is 30.3 Å². The van der Waals surface area contributed by atoms with Gasteiger partial charge in [-0.25, -0.2) is 0 Å². The molecule has 0 spiro atoms. The fourth-order valence-electron chi connectivity index (χ4n) is 4.69. The number of carbonyl (C=O) groups is 4. The van der Waals surface area contributed by atoms with Crippen molar-refractivity contribution in [1.29, 1.82) is 0 Å². The monoisotopic (exact) mass is 427 g/mol. The Bertz CT molecular complexity index is 1300. The van der Waals surface area contributed by atoms with Gasteiger partial charge in [-0.15, -0.1) is 0 Å². The van der Waals surface area contributed by atoms with E-state index in [-0.39, 0.29) is 22.3 Å². The maximum Gasteiger partial charge on any atom is 0.281 e. The summed E-state index contributed by atoms with van der Waals surface area (Å²) in [6.45, 7) is 2.63. The van der Waals surface area contributed by atoms with Crippen molar-refractivity contribution in [2.45, 2.75) is 0 Å². The van der Waals surface area contributed by atoms with E-state index in [0.717, 1.165) is 11.1 Å². The molecule has 0 bridgehead atoms. The van der Waals surface area contributed by atoms with Crippen molar-refractivity contribution in [3.05, 3.63) is 76.9 Å². The van der Waals surface area contributed by atoms with Crippen molar-refractivity contribution in [2.24, 2.45) is 0 Å². The van der Waals surface area contributed by atoms with Crippen molar-refractivity contribution < 1.29 is 23.9 Å². The van der Waals surface area contributed by atoms with Crippen LogP contribution in [0.5, 0.6) is 0 Å². The lowest BCUT2D eigenvalue weighted by molar-refractivity contribution is 0.00523. The lowest BCUT2D eigenvalue weighted by Crippen LogP contribution is -2.54. The molecule has 32 heavy (non-hydrogen) atoms. The van der Waals surface area contributed by atoms with E-state index in [0.29, 0.717) is 41.7 Å². The Morgan fingerprint density at radius 2 is 1.12 bits per heavy atom. The number of hydrogen-bond acceptors (Lipinski definition) is 6. The van der Waals surface area contributed by atoms with E-state index in [1.807, 2.05) is 12.1 Å². The molecule has 1 fully saturated rings. The van der Waals surface area contributed by atoms with Crippen LogP contribution in [0, 0.1) is 0 Å². The van der Waals surface area contributed by atoms with Crippen LogP contribution in [0.1, 0.15) is 41.4 Å². The quantitative estimate of drug-likeness (QED) is 0.584. The number of carbonyl (C=O) groups excluding carboxylic acids is 4. The first kappa shape index (κ1) is 18.7. The smallest absolute Gasteiger partial charge is 0.281 e. The summed E-state index contributed by atoms with van der Waals surface area (Å²) < 4.78 is 5.44. The van der Waals surface area contributed by atoms with Gasteiger partial charge >= 0.3 is 0 Å². The SMILES string of the molecule is O=C1c2ccccc2C(=O)N1N1C(=O)c2cccc3c(N4CCOCC4)ccc(c23)C1=O. The third-order valence-electron chi connectivity index (χ3n) is 6.19. The molecule has 3 aromatic rings. The largest absolute Gasteiger partial charge is 0.378 e. The first-order chi connectivity index (χ1) is 15.6. The molecule has 3 aliphatic rings. The standard InChI is InChI=1S/C24H17N3O5/c28-21-14-4-1-2-5-15(14)22(29)26(21)27-23(30)17-7-3-6-16-19(25-10-12-32-13-11-25)9-8-18(20(16)17)24(27)31/h1-9H,10-13H2. The number of fused-ring (bicyclic) bond motifs is 1. The minimum Gasteiger partial charge on any atom is -0.378 e. The third-order valence-corrected chi connectivity index (χ3v) is 6.19. The molecule has 8 heteroatoms. The maximum atomic E-state index is 13.5. The number of rotatable bonds is 2. The highest BCUT2D eigenvalue weighted by atomic mass is 16.5. The molecule has 8 nitrogen and oxygen atoms in total. The number of imide groups is 2. The van der Waals surface area contributed by atoms with E-state index in [4.69, 9.17) is 4.74 Å². The summed E-state index contributed by atoms with van der Waals surface area (Å²) >= 11 is 0. The zero-order valence-electron chi connectivity index (χ0n) is 16.9. The van der Waals surface area contributed by atoms with E-state index in [1.165, 1.54) is 12.1 Å². The van der Waals surface area contributed by atoms with Gasteiger partial charge in [-0.1, -0.05) is 24.3 Å². The molecule has 0 radical (unpaired) electrons. The van der Waals surface area contributed by atoms with Gasteiger partial charge in [0.2, 0.25) is 0 Å². The second-order valence-electron chi connectivity index (χ2n) is 7.85. The Hall–Kier alpha value is -4.04. The molecule has 0 saturated carbocycles. The summed E-state index contributed by atoms with van der Waals surface area (Å²) in [6, 6.07) is 15.1. The first-order valence-electron chi connectivity index (χ1n) is 10.3. The number of amides is 4.